The van der Waals surface area contributed by atoms with Gasteiger partial charge >= 0.3 is 0 Å². The minimum Gasteiger partial charge on any atom is -0.508 e. The van der Waals surface area contributed by atoms with E-state index in [0.29, 0.717) is 11.3 Å². The van der Waals surface area contributed by atoms with Gasteiger partial charge in [0.05, 0.1) is 6.21 Å². The van der Waals surface area contributed by atoms with E-state index in [4.69, 9.17) is 4.74 Å². The quantitative estimate of drug-likeness (QED) is 0.583. The van der Waals surface area contributed by atoms with Gasteiger partial charge in [-0.25, -0.2) is 5.43 Å². The number of nitrogens with one attached hydrogen (secondary N) is 1. The van der Waals surface area contributed by atoms with Gasteiger partial charge in [-0.15, -0.1) is 0 Å². The van der Waals surface area contributed by atoms with Crippen LogP contribution in [0, 0.1) is 13.8 Å². The smallest absolute Gasteiger partial charge is 0.277 e. The number of phenols is 2. The minimum atomic E-state index is -0.418. The predicted octanol–water partition coefficient (Wildman–Crippen LogP) is 2.24. The SMILES string of the molecule is Cc1cc(C)cc(OCC(=O)NN=Cc2ccc(O)cc2O)c1. The Morgan fingerprint density at radius 2 is 1.87 bits per heavy atom. The summed E-state index contributed by atoms with van der Waals surface area (Å²) in [6.07, 6.45) is 1.28. The Morgan fingerprint density at radius 3 is 2.52 bits per heavy atom. The molecule has 0 spiro atoms. The van der Waals surface area contributed by atoms with Crippen molar-refractivity contribution < 1.29 is 19.7 Å². The Morgan fingerprint density at radius 1 is 1.17 bits per heavy atom. The van der Waals surface area contributed by atoms with E-state index in [1.54, 1.807) is 0 Å². The molecule has 0 aliphatic carbocycles. The average Bonchev–Trinajstić information content (AvgIpc) is 2.46. The van der Waals surface area contributed by atoms with Crippen LogP contribution in [0.1, 0.15) is 16.7 Å². The van der Waals surface area contributed by atoms with Gasteiger partial charge in [0.25, 0.3) is 5.91 Å². The Kier molecular flexibility index (Phi) is 5.19. The van der Waals surface area contributed by atoms with E-state index in [1.807, 2.05) is 32.0 Å². The number of carbonyl (C=O) groups excluding carboxylic acids is 1. The first-order valence-electron chi connectivity index (χ1n) is 6.99. The number of nitrogens with zero attached hydrogens (tertiary/aromatic N) is 1. The Hall–Kier alpha value is -3.02. The molecular formula is C17H18N2O4. The lowest BCUT2D eigenvalue weighted by molar-refractivity contribution is -0.123. The summed E-state index contributed by atoms with van der Waals surface area (Å²) < 4.78 is 5.40. The van der Waals surface area contributed by atoms with Crippen molar-refractivity contribution in [2.75, 3.05) is 6.61 Å². The maximum Gasteiger partial charge on any atom is 0.277 e. The highest BCUT2D eigenvalue weighted by molar-refractivity contribution is 5.85. The van der Waals surface area contributed by atoms with E-state index in [2.05, 4.69) is 10.5 Å². The van der Waals surface area contributed by atoms with Crippen LogP contribution >= 0.6 is 0 Å². The van der Waals surface area contributed by atoms with Crippen LogP contribution < -0.4 is 10.2 Å². The molecule has 0 bridgehead atoms. The van der Waals surface area contributed by atoms with Crippen LogP contribution in [0.15, 0.2) is 41.5 Å². The summed E-state index contributed by atoms with van der Waals surface area (Å²) in [5, 5.41) is 22.5. The molecule has 23 heavy (non-hydrogen) atoms. The molecule has 0 unspecified atom stereocenters. The zero-order valence-electron chi connectivity index (χ0n) is 12.9. The normalized spacial score (nSPS) is 10.7. The molecule has 0 radical (unpaired) electrons. The van der Waals surface area contributed by atoms with E-state index in [1.165, 1.54) is 24.4 Å². The third-order valence-corrected chi connectivity index (χ3v) is 2.97. The fraction of sp³-hybridized carbons (Fsp3) is 0.176. The number of aryl methyl sites for hydroxylation is 2. The highest BCUT2D eigenvalue weighted by Crippen LogP contribution is 2.20. The Bertz CT molecular complexity index is 721. The van der Waals surface area contributed by atoms with Crippen LogP contribution in [0.2, 0.25) is 0 Å². The fourth-order valence-corrected chi connectivity index (χ4v) is 2.01. The highest BCUT2D eigenvalue weighted by Gasteiger charge is 2.03. The van der Waals surface area contributed by atoms with Gasteiger partial charge in [-0.05, 0) is 49.2 Å². The highest BCUT2D eigenvalue weighted by atomic mass is 16.5. The fourth-order valence-electron chi connectivity index (χ4n) is 2.01. The number of amides is 1. The lowest BCUT2D eigenvalue weighted by Crippen LogP contribution is -2.24. The Balaban J connectivity index is 1.86. The number of aromatic hydroxyl groups is 2. The summed E-state index contributed by atoms with van der Waals surface area (Å²) in [4.78, 5) is 11.7. The van der Waals surface area contributed by atoms with Crippen LogP contribution in [-0.4, -0.2) is 28.9 Å². The molecule has 0 aliphatic heterocycles. The first-order valence-corrected chi connectivity index (χ1v) is 6.99. The predicted molar refractivity (Wildman–Crippen MR) is 86.9 cm³/mol. The molecule has 0 fully saturated rings. The number of ether oxygens (including phenoxy) is 1. The maximum atomic E-state index is 11.7. The average molecular weight is 314 g/mol. The van der Waals surface area contributed by atoms with Crippen molar-refractivity contribution in [1.82, 2.24) is 5.43 Å². The minimum absolute atomic E-state index is 0.0504. The molecule has 0 heterocycles. The van der Waals surface area contributed by atoms with E-state index in [-0.39, 0.29) is 18.1 Å². The van der Waals surface area contributed by atoms with Gasteiger partial charge in [-0.2, -0.15) is 5.10 Å². The van der Waals surface area contributed by atoms with Gasteiger partial charge in [0.15, 0.2) is 6.61 Å². The molecule has 3 N–H and O–H groups in total. The van der Waals surface area contributed by atoms with Crippen molar-refractivity contribution in [3.05, 3.63) is 53.1 Å². The summed E-state index contributed by atoms with van der Waals surface area (Å²) in [6.45, 7) is 3.74. The molecule has 6 nitrogen and oxygen atoms in total. The van der Waals surface area contributed by atoms with Gasteiger partial charge < -0.3 is 14.9 Å². The number of hydrazone groups is 1. The third-order valence-electron chi connectivity index (χ3n) is 2.97. The van der Waals surface area contributed by atoms with Crippen molar-refractivity contribution in [3.63, 3.8) is 0 Å². The molecule has 2 aromatic carbocycles. The van der Waals surface area contributed by atoms with E-state index < -0.39 is 5.91 Å². The number of phenolic OH excluding ortho intramolecular Hbond substituents is 2. The van der Waals surface area contributed by atoms with Gasteiger partial charge in [0, 0.05) is 11.6 Å². The topological polar surface area (TPSA) is 91.2 Å². The first kappa shape index (κ1) is 16.4. The molecule has 0 atom stereocenters. The number of hydrogen-bond donors (Lipinski definition) is 3. The molecule has 0 aliphatic rings. The maximum absolute atomic E-state index is 11.7. The molecule has 1 amide bonds. The van der Waals surface area contributed by atoms with E-state index >= 15 is 0 Å². The van der Waals surface area contributed by atoms with Gasteiger partial charge in [0.2, 0.25) is 0 Å². The van der Waals surface area contributed by atoms with E-state index in [0.717, 1.165) is 11.1 Å². The molecule has 2 aromatic rings. The van der Waals surface area contributed by atoms with Crippen molar-refractivity contribution in [3.8, 4) is 17.2 Å². The van der Waals surface area contributed by atoms with Crippen LogP contribution in [-0.2, 0) is 4.79 Å². The lowest BCUT2D eigenvalue weighted by atomic mass is 10.1. The molecule has 0 aromatic heterocycles. The number of benzene rings is 2. The largest absolute Gasteiger partial charge is 0.508 e. The van der Waals surface area contributed by atoms with Crippen LogP contribution in [0.25, 0.3) is 0 Å². The number of rotatable bonds is 5. The number of carbonyl (C=O) groups is 1. The van der Waals surface area contributed by atoms with Gasteiger partial charge in [-0.3, -0.25) is 4.79 Å². The van der Waals surface area contributed by atoms with Crippen molar-refractivity contribution in [2.45, 2.75) is 13.8 Å². The molecule has 2 rings (SSSR count). The van der Waals surface area contributed by atoms with Crippen LogP contribution in [0.5, 0.6) is 17.2 Å². The van der Waals surface area contributed by atoms with Crippen molar-refractivity contribution in [1.29, 1.82) is 0 Å². The van der Waals surface area contributed by atoms with Gasteiger partial charge in [-0.1, -0.05) is 6.07 Å². The van der Waals surface area contributed by atoms with Crippen molar-refractivity contribution in [2.24, 2.45) is 5.10 Å². The molecule has 120 valence electrons. The zero-order valence-corrected chi connectivity index (χ0v) is 12.9. The molecule has 0 saturated heterocycles. The molecule has 6 heteroatoms. The summed E-state index contributed by atoms with van der Waals surface area (Å²) in [6, 6.07) is 9.78. The summed E-state index contributed by atoms with van der Waals surface area (Å²) in [5.41, 5.74) is 4.79. The molecule has 0 saturated carbocycles. The lowest BCUT2D eigenvalue weighted by Gasteiger charge is -2.07. The second-order valence-corrected chi connectivity index (χ2v) is 5.15. The first-order chi connectivity index (χ1) is 10.9. The van der Waals surface area contributed by atoms with Crippen LogP contribution in [0.4, 0.5) is 0 Å². The zero-order chi connectivity index (χ0) is 16.8. The second-order valence-electron chi connectivity index (χ2n) is 5.15. The standard InChI is InChI=1S/C17H18N2O4/c1-11-5-12(2)7-15(6-11)23-10-17(22)19-18-9-13-3-4-14(20)8-16(13)21/h3-9,20-21H,10H2,1-2H3,(H,19,22). The second kappa shape index (κ2) is 7.31. The summed E-state index contributed by atoms with van der Waals surface area (Å²) >= 11 is 0. The summed E-state index contributed by atoms with van der Waals surface area (Å²) in [7, 11) is 0. The monoisotopic (exact) mass is 314 g/mol. The number of hydrogen-bond acceptors (Lipinski definition) is 5. The van der Waals surface area contributed by atoms with E-state index in [9.17, 15) is 15.0 Å². The third kappa shape index (κ3) is 5.03. The molecular weight excluding hydrogens is 296 g/mol. The Labute approximate surface area is 134 Å². The van der Waals surface area contributed by atoms with Crippen molar-refractivity contribution >= 4 is 12.1 Å². The van der Waals surface area contributed by atoms with Crippen LogP contribution in [0.3, 0.4) is 0 Å². The van der Waals surface area contributed by atoms with Gasteiger partial charge in [0.1, 0.15) is 17.2 Å². The summed E-state index contributed by atoms with van der Waals surface area (Å²) in [5.74, 6) is 0.0245.